The largest absolute Gasteiger partial charge is 0.366 e. The van der Waals surface area contributed by atoms with Crippen LogP contribution in [0.1, 0.15) is 27.2 Å². The summed E-state index contributed by atoms with van der Waals surface area (Å²) in [4.78, 5) is 20.9. The third-order valence-corrected chi connectivity index (χ3v) is 5.79. The van der Waals surface area contributed by atoms with E-state index in [1.807, 2.05) is 42.6 Å². The number of thiazole rings is 1. The smallest absolute Gasteiger partial charge is 0.250 e. The van der Waals surface area contributed by atoms with Gasteiger partial charge in [0, 0.05) is 35.6 Å². The van der Waals surface area contributed by atoms with Crippen molar-refractivity contribution in [2.75, 3.05) is 0 Å². The van der Waals surface area contributed by atoms with Crippen LogP contribution in [0.15, 0.2) is 60.2 Å². The van der Waals surface area contributed by atoms with Crippen molar-refractivity contribution in [3.05, 3.63) is 82.6 Å². The fourth-order valence-corrected chi connectivity index (χ4v) is 4.09. The van der Waals surface area contributed by atoms with Crippen molar-refractivity contribution in [2.45, 2.75) is 20.4 Å². The number of aryl methyl sites for hydroxylation is 1. The molecule has 3 heterocycles. The average molecular weight is 388 g/mol. The Morgan fingerprint density at radius 2 is 2.00 bits per heavy atom. The first-order valence-electron chi connectivity index (χ1n) is 8.95. The number of hydrogen-bond donors (Lipinski definition) is 1. The highest BCUT2D eigenvalue weighted by Crippen LogP contribution is 2.31. The number of primary amides is 1. The van der Waals surface area contributed by atoms with Gasteiger partial charge in [0.2, 0.25) is 0 Å². The molecule has 4 aromatic rings. The Hall–Kier alpha value is -3.25. The second-order valence-electron chi connectivity index (χ2n) is 6.69. The van der Waals surface area contributed by atoms with Crippen LogP contribution in [-0.2, 0) is 6.54 Å². The average Bonchev–Trinajstić information content (AvgIpc) is 3.30. The van der Waals surface area contributed by atoms with Crippen molar-refractivity contribution < 1.29 is 4.79 Å². The van der Waals surface area contributed by atoms with Crippen LogP contribution in [0, 0.1) is 13.8 Å². The molecule has 5 nitrogen and oxygen atoms in total. The molecule has 1 aromatic carbocycles. The number of carbonyl (C=O) groups is 1. The lowest BCUT2D eigenvalue weighted by Gasteiger charge is -2.13. The maximum atomic E-state index is 11.9. The summed E-state index contributed by atoms with van der Waals surface area (Å²) in [6.07, 6.45) is 3.54. The molecule has 28 heavy (non-hydrogen) atoms. The topological polar surface area (TPSA) is 73.8 Å². The first kappa shape index (κ1) is 18.1. The van der Waals surface area contributed by atoms with Gasteiger partial charge in [-0.1, -0.05) is 24.3 Å². The summed E-state index contributed by atoms with van der Waals surface area (Å²) in [6.45, 7) is 4.67. The van der Waals surface area contributed by atoms with Gasteiger partial charge in [0.05, 0.1) is 17.0 Å². The van der Waals surface area contributed by atoms with Gasteiger partial charge in [0.1, 0.15) is 5.01 Å². The molecule has 0 aliphatic heterocycles. The van der Waals surface area contributed by atoms with Crippen molar-refractivity contribution in [1.29, 1.82) is 0 Å². The highest BCUT2D eigenvalue weighted by molar-refractivity contribution is 7.13. The van der Waals surface area contributed by atoms with E-state index >= 15 is 0 Å². The monoisotopic (exact) mass is 388 g/mol. The number of hydrogen-bond acceptors (Lipinski definition) is 4. The summed E-state index contributed by atoms with van der Waals surface area (Å²) in [5, 5.41) is 2.90. The van der Waals surface area contributed by atoms with Gasteiger partial charge < -0.3 is 10.3 Å². The minimum atomic E-state index is -0.426. The molecule has 0 aliphatic carbocycles. The predicted octanol–water partition coefficient (Wildman–Crippen LogP) is 4.44. The van der Waals surface area contributed by atoms with Crippen molar-refractivity contribution in [2.24, 2.45) is 5.73 Å². The fourth-order valence-electron chi connectivity index (χ4n) is 3.28. The minimum absolute atomic E-state index is 0.426. The van der Waals surface area contributed by atoms with Crippen molar-refractivity contribution in [1.82, 2.24) is 14.5 Å². The third-order valence-electron chi connectivity index (χ3n) is 4.90. The molecular weight excluding hydrogens is 368 g/mol. The van der Waals surface area contributed by atoms with Crippen LogP contribution in [0.5, 0.6) is 0 Å². The fraction of sp³-hybridized carbons (Fsp3) is 0.136. The third kappa shape index (κ3) is 3.34. The normalized spacial score (nSPS) is 10.9. The number of rotatable bonds is 5. The Balaban J connectivity index is 1.81. The van der Waals surface area contributed by atoms with E-state index in [1.54, 1.807) is 23.7 Å². The molecule has 6 heteroatoms. The second-order valence-corrected chi connectivity index (χ2v) is 7.54. The van der Waals surface area contributed by atoms with E-state index in [0.717, 1.165) is 27.7 Å². The molecule has 1 amide bonds. The molecular formula is C22H20N4OS. The molecule has 4 rings (SSSR count). The van der Waals surface area contributed by atoms with Crippen LogP contribution in [0.2, 0.25) is 0 Å². The zero-order valence-corrected chi connectivity index (χ0v) is 16.5. The zero-order chi connectivity index (χ0) is 19.7. The summed E-state index contributed by atoms with van der Waals surface area (Å²) in [5.74, 6) is -0.426. The summed E-state index contributed by atoms with van der Waals surface area (Å²) in [6, 6.07) is 14.0. The Kier molecular flexibility index (Phi) is 4.79. The Labute approximate surface area is 167 Å². The summed E-state index contributed by atoms with van der Waals surface area (Å²) in [7, 11) is 0. The SMILES string of the molecule is Cc1ccccc1Cn1c(-c2csc(-c3cccnc3)n2)cc(C(N)=O)c1C. The first-order valence-corrected chi connectivity index (χ1v) is 9.83. The maximum absolute atomic E-state index is 11.9. The lowest BCUT2D eigenvalue weighted by Crippen LogP contribution is -2.13. The molecule has 0 saturated carbocycles. The second kappa shape index (κ2) is 7.40. The molecule has 2 N–H and O–H groups in total. The summed E-state index contributed by atoms with van der Waals surface area (Å²) in [5.41, 5.74) is 12.1. The van der Waals surface area contributed by atoms with Gasteiger partial charge in [-0.05, 0) is 43.2 Å². The molecule has 0 bridgehead atoms. The van der Waals surface area contributed by atoms with Crippen LogP contribution in [0.25, 0.3) is 22.0 Å². The van der Waals surface area contributed by atoms with Crippen molar-refractivity contribution >= 4 is 17.2 Å². The van der Waals surface area contributed by atoms with Crippen molar-refractivity contribution in [3.8, 4) is 22.0 Å². The van der Waals surface area contributed by atoms with E-state index in [0.29, 0.717) is 12.1 Å². The lowest BCUT2D eigenvalue weighted by atomic mass is 10.1. The van der Waals surface area contributed by atoms with E-state index in [9.17, 15) is 4.79 Å². The number of pyridine rings is 1. The Morgan fingerprint density at radius 3 is 2.71 bits per heavy atom. The van der Waals surface area contributed by atoms with Gasteiger partial charge in [0.25, 0.3) is 5.91 Å². The molecule has 0 atom stereocenters. The van der Waals surface area contributed by atoms with Gasteiger partial charge in [-0.25, -0.2) is 4.98 Å². The van der Waals surface area contributed by atoms with E-state index in [-0.39, 0.29) is 0 Å². The van der Waals surface area contributed by atoms with Crippen LogP contribution >= 0.6 is 11.3 Å². The number of benzene rings is 1. The Morgan fingerprint density at radius 1 is 1.18 bits per heavy atom. The number of carbonyl (C=O) groups excluding carboxylic acids is 1. The lowest BCUT2D eigenvalue weighted by molar-refractivity contribution is 0.0999. The van der Waals surface area contributed by atoms with Crippen LogP contribution in [-0.4, -0.2) is 20.4 Å². The van der Waals surface area contributed by atoms with Crippen molar-refractivity contribution in [3.63, 3.8) is 0 Å². The van der Waals surface area contributed by atoms with Crippen LogP contribution in [0.4, 0.5) is 0 Å². The molecule has 3 aromatic heterocycles. The molecule has 0 spiro atoms. The van der Waals surface area contributed by atoms with Crippen LogP contribution < -0.4 is 5.73 Å². The van der Waals surface area contributed by atoms with E-state index in [1.165, 1.54) is 11.1 Å². The van der Waals surface area contributed by atoms with E-state index < -0.39 is 5.91 Å². The standard InChI is InChI=1S/C22H20N4OS/c1-14-6-3-4-7-17(14)12-26-15(2)18(21(23)27)10-20(26)19-13-28-22(25-19)16-8-5-9-24-11-16/h3-11,13H,12H2,1-2H3,(H2,23,27). The molecule has 0 radical (unpaired) electrons. The highest BCUT2D eigenvalue weighted by Gasteiger charge is 2.19. The molecule has 0 aliphatic rings. The molecule has 140 valence electrons. The maximum Gasteiger partial charge on any atom is 0.250 e. The number of nitrogens with two attached hydrogens (primary N) is 1. The number of amides is 1. The zero-order valence-electron chi connectivity index (χ0n) is 15.7. The van der Waals surface area contributed by atoms with Gasteiger partial charge in [-0.2, -0.15) is 0 Å². The van der Waals surface area contributed by atoms with E-state index in [2.05, 4.69) is 28.6 Å². The Bertz CT molecular complexity index is 1140. The minimum Gasteiger partial charge on any atom is -0.366 e. The highest BCUT2D eigenvalue weighted by atomic mass is 32.1. The summed E-state index contributed by atoms with van der Waals surface area (Å²) < 4.78 is 2.12. The quantitative estimate of drug-likeness (QED) is 0.549. The summed E-state index contributed by atoms with van der Waals surface area (Å²) >= 11 is 1.56. The van der Waals surface area contributed by atoms with E-state index in [4.69, 9.17) is 10.7 Å². The van der Waals surface area contributed by atoms with Gasteiger partial charge >= 0.3 is 0 Å². The van der Waals surface area contributed by atoms with Gasteiger partial charge in [-0.15, -0.1) is 11.3 Å². The predicted molar refractivity (Wildman–Crippen MR) is 112 cm³/mol. The number of aromatic nitrogens is 3. The van der Waals surface area contributed by atoms with Gasteiger partial charge in [-0.3, -0.25) is 9.78 Å². The molecule has 0 fully saturated rings. The first-order chi connectivity index (χ1) is 13.5. The molecule has 0 unspecified atom stereocenters. The van der Waals surface area contributed by atoms with Crippen LogP contribution in [0.3, 0.4) is 0 Å². The molecule has 0 saturated heterocycles. The van der Waals surface area contributed by atoms with Gasteiger partial charge in [0.15, 0.2) is 0 Å². The number of nitrogens with zero attached hydrogens (tertiary/aromatic N) is 3.